The summed E-state index contributed by atoms with van der Waals surface area (Å²) in [6, 6.07) is 11.0. The Hall–Kier alpha value is -2.27. The third-order valence-electron chi connectivity index (χ3n) is 2.75. The summed E-state index contributed by atoms with van der Waals surface area (Å²) in [5.41, 5.74) is 0.735. The van der Waals surface area contributed by atoms with Gasteiger partial charge in [0, 0.05) is 12.3 Å². The maximum atomic E-state index is 5.90. The minimum absolute atomic E-state index is 0.284. The van der Waals surface area contributed by atoms with Gasteiger partial charge in [-0.1, -0.05) is 17.7 Å². The topological polar surface area (TPSA) is 48.7 Å². The number of fused-ring (bicyclic) bond motifs is 1. The molecule has 0 saturated heterocycles. The average molecular weight is 290 g/mol. The summed E-state index contributed by atoms with van der Waals surface area (Å²) in [4.78, 5) is 4.35. The molecule has 3 rings (SSSR count). The second-order valence-corrected chi connectivity index (χ2v) is 4.58. The van der Waals surface area contributed by atoms with E-state index in [1.807, 2.05) is 30.3 Å². The third-order valence-corrected chi connectivity index (χ3v) is 2.97. The lowest BCUT2D eigenvalue weighted by Crippen LogP contribution is -1.98. The largest absolute Gasteiger partial charge is 0.497 e. The average Bonchev–Trinajstić information content (AvgIpc) is 2.87. The summed E-state index contributed by atoms with van der Waals surface area (Å²) in [5, 5.41) is 4.91. The molecule has 102 valence electrons. The highest BCUT2D eigenvalue weighted by Crippen LogP contribution is 2.19. The Morgan fingerprint density at radius 3 is 2.90 bits per heavy atom. The van der Waals surface area contributed by atoms with Gasteiger partial charge in [-0.25, -0.2) is 9.50 Å². The smallest absolute Gasteiger partial charge is 0.189 e. The number of hydrogen-bond donors (Lipinski definition) is 0. The zero-order valence-corrected chi connectivity index (χ0v) is 11.5. The van der Waals surface area contributed by atoms with Crippen LogP contribution in [0.4, 0.5) is 0 Å². The van der Waals surface area contributed by atoms with Crippen molar-refractivity contribution < 1.29 is 9.47 Å². The summed E-state index contributed by atoms with van der Waals surface area (Å²) in [7, 11) is 1.62. The van der Waals surface area contributed by atoms with Crippen molar-refractivity contribution in [3.8, 4) is 11.5 Å². The minimum Gasteiger partial charge on any atom is -0.497 e. The first kappa shape index (κ1) is 12.7. The fourth-order valence-electron chi connectivity index (χ4n) is 1.80. The number of hydrogen-bond acceptors (Lipinski definition) is 4. The zero-order valence-electron chi connectivity index (χ0n) is 10.8. The van der Waals surface area contributed by atoms with Crippen LogP contribution >= 0.6 is 11.6 Å². The highest BCUT2D eigenvalue weighted by Gasteiger charge is 2.05. The van der Waals surface area contributed by atoms with Crippen molar-refractivity contribution in [3.63, 3.8) is 0 Å². The molecule has 3 aromatic rings. The molecule has 20 heavy (non-hydrogen) atoms. The molecule has 0 aliphatic carbocycles. The highest BCUT2D eigenvalue weighted by molar-refractivity contribution is 6.30. The van der Waals surface area contributed by atoms with Crippen LogP contribution in [0.3, 0.4) is 0 Å². The van der Waals surface area contributed by atoms with E-state index in [1.54, 1.807) is 23.9 Å². The first-order valence-corrected chi connectivity index (χ1v) is 6.40. The van der Waals surface area contributed by atoms with E-state index < -0.39 is 0 Å². The second-order valence-electron chi connectivity index (χ2n) is 4.15. The Labute approximate surface area is 120 Å². The van der Waals surface area contributed by atoms with Crippen molar-refractivity contribution in [1.29, 1.82) is 0 Å². The molecule has 0 radical (unpaired) electrons. The Bertz CT molecular complexity index is 742. The Morgan fingerprint density at radius 2 is 2.05 bits per heavy atom. The van der Waals surface area contributed by atoms with Crippen molar-refractivity contribution in [2.24, 2.45) is 0 Å². The van der Waals surface area contributed by atoms with Crippen LogP contribution < -0.4 is 9.47 Å². The van der Waals surface area contributed by atoms with Gasteiger partial charge >= 0.3 is 0 Å². The molecule has 0 aliphatic rings. The van der Waals surface area contributed by atoms with Gasteiger partial charge in [-0.3, -0.25) is 0 Å². The molecule has 0 spiro atoms. The zero-order chi connectivity index (χ0) is 13.9. The third kappa shape index (κ3) is 2.67. The summed E-state index contributed by atoms with van der Waals surface area (Å²) in [6.07, 6.45) is 1.71. The molecule has 0 N–H and O–H groups in total. The monoisotopic (exact) mass is 289 g/mol. The van der Waals surface area contributed by atoms with E-state index in [4.69, 9.17) is 21.1 Å². The van der Waals surface area contributed by atoms with Crippen LogP contribution in [0.2, 0.25) is 5.02 Å². The molecule has 1 aromatic carbocycles. The molecular weight excluding hydrogens is 278 g/mol. The Balaban J connectivity index is 1.76. The maximum absolute atomic E-state index is 5.90. The Morgan fingerprint density at radius 1 is 1.20 bits per heavy atom. The summed E-state index contributed by atoms with van der Waals surface area (Å²) >= 11 is 5.90. The number of pyridine rings is 1. The van der Waals surface area contributed by atoms with Crippen molar-refractivity contribution in [1.82, 2.24) is 14.6 Å². The van der Waals surface area contributed by atoms with Gasteiger partial charge in [0.15, 0.2) is 11.5 Å². The quantitative estimate of drug-likeness (QED) is 0.741. The molecule has 0 atom stereocenters. The van der Waals surface area contributed by atoms with Gasteiger partial charge in [0.1, 0.15) is 18.1 Å². The number of rotatable bonds is 4. The first-order valence-electron chi connectivity index (χ1n) is 6.02. The molecule has 5 nitrogen and oxygen atoms in total. The van der Waals surface area contributed by atoms with Gasteiger partial charge in [0.2, 0.25) is 0 Å². The van der Waals surface area contributed by atoms with Gasteiger partial charge in [0.05, 0.1) is 12.1 Å². The summed E-state index contributed by atoms with van der Waals surface area (Å²) in [6.45, 7) is 0.284. The van der Waals surface area contributed by atoms with E-state index in [0.717, 1.165) is 11.4 Å². The number of ether oxygens (including phenoxy) is 2. The van der Waals surface area contributed by atoms with Gasteiger partial charge in [-0.15, -0.1) is 5.10 Å². The lowest BCUT2D eigenvalue weighted by molar-refractivity contribution is 0.294. The maximum Gasteiger partial charge on any atom is 0.189 e. The van der Waals surface area contributed by atoms with Gasteiger partial charge in [-0.05, 0) is 24.3 Å². The highest BCUT2D eigenvalue weighted by atomic mass is 35.5. The van der Waals surface area contributed by atoms with E-state index in [1.165, 1.54) is 0 Å². The van der Waals surface area contributed by atoms with E-state index in [2.05, 4.69) is 10.1 Å². The van der Waals surface area contributed by atoms with Crippen molar-refractivity contribution in [2.75, 3.05) is 7.11 Å². The number of halogens is 1. The van der Waals surface area contributed by atoms with Crippen LogP contribution in [0, 0.1) is 0 Å². The second kappa shape index (κ2) is 5.38. The molecule has 0 amide bonds. The first-order chi connectivity index (χ1) is 9.74. The molecule has 0 aliphatic heterocycles. The fourth-order valence-corrected chi connectivity index (χ4v) is 1.96. The summed E-state index contributed by atoms with van der Waals surface area (Å²) in [5.74, 6) is 2.05. The molecule has 6 heteroatoms. The van der Waals surface area contributed by atoms with E-state index in [0.29, 0.717) is 16.6 Å². The normalized spacial score (nSPS) is 10.7. The van der Waals surface area contributed by atoms with Crippen molar-refractivity contribution in [3.05, 3.63) is 53.4 Å². The van der Waals surface area contributed by atoms with Crippen molar-refractivity contribution >= 4 is 17.2 Å². The minimum atomic E-state index is 0.284. The van der Waals surface area contributed by atoms with Gasteiger partial charge in [-0.2, -0.15) is 0 Å². The van der Waals surface area contributed by atoms with Crippen LogP contribution in [-0.4, -0.2) is 21.7 Å². The molecule has 0 bridgehead atoms. The molecular formula is C14H12ClN3O2. The Kier molecular flexibility index (Phi) is 3.43. The van der Waals surface area contributed by atoms with Crippen LogP contribution in [0.1, 0.15) is 5.82 Å². The van der Waals surface area contributed by atoms with Gasteiger partial charge in [0.25, 0.3) is 0 Å². The molecule has 0 saturated carbocycles. The standard InChI is InChI=1S/C14H12ClN3O2/c1-19-11-3-2-4-12(7-11)20-9-13-16-14-6-5-10(15)8-18(14)17-13/h2-8H,9H2,1H3. The number of benzene rings is 1. The number of nitrogens with zero attached hydrogens (tertiary/aromatic N) is 3. The summed E-state index contributed by atoms with van der Waals surface area (Å²) < 4.78 is 12.4. The van der Waals surface area contributed by atoms with Crippen LogP contribution in [0.25, 0.3) is 5.65 Å². The lowest BCUT2D eigenvalue weighted by Gasteiger charge is -2.05. The molecule has 0 unspecified atom stereocenters. The predicted molar refractivity (Wildman–Crippen MR) is 75.3 cm³/mol. The number of aromatic nitrogens is 3. The van der Waals surface area contributed by atoms with Gasteiger partial charge < -0.3 is 9.47 Å². The molecule has 0 fully saturated rings. The van der Waals surface area contributed by atoms with E-state index in [-0.39, 0.29) is 6.61 Å². The van der Waals surface area contributed by atoms with E-state index in [9.17, 15) is 0 Å². The van der Waals surface area contributed by atoms with Crippen LogP contribution in [-0.2, 0) is 6.61 Å². The predicted octanol–water partition coefficient (Wildman–Crippen LogP) is 2.97. The van der Waals surface area contributed by atoms with Crippen molar-refractivity contribution in [2.45, 2.75) is 6.61 Å². The van der Waals surface area contributed by atoms with Crippen LogP contribution in [0.15, 0.2) is 42.6 Å². The SMILES string of the molecule is COc1cccc(OCc2nc3ccc(Cl)cn3n2)c1. The number of methoxy groups -OCH3 is 1. The lowest BCUT2D eigenvalue weighted by atomic mass is 10.3. The molecule has 2 heterocycles. The van der Waals surface area contributed by atoms with E-state index >= 15 is 0 Å². The fraction of sp³-hybridized carbons (Fsp3) is 0.143. The molecule has 2 aromatic heterocycles. The van der Waals surface area contributed by atoms with Crippen LogP contribution in [0.5, 0.6) is 11.5 Å².